The molecule has 0 amide bonds. The molecule has 1 heterocycles. The van der Waals surface area contributed by atoms with E-state index in [1.165, 1.54) is 0 Å². The van der Waals surface area contributed by atoms with Crippen LogP contribution in [0.1, 0.15) is 24.5 Å². The lowest BCUT2D eigenvalue weighted by Gasteiger charge is -2.33. The average Bonchev–Trinajstić information content (AvgIpc) is 2.06. The van der Waals surface area contributed by atoms with Crippen molar-refractivity contribution in [3.05, 3.63) is 28.3 Å². The Morgan fingerprint density at radius 1 is 1.50 bits per heavy atom. The van der Waals surface area contributed by atoms with Crippen LogP contribution in [0.4, 0.5) is 0 Å². The minimum Gasteiger partial charge on any atom is -0.492 e. The molecule has 76 valence electrons. The van der Waals surface area contributed by atoms with Gasteiger partial charge in [-0.2, -0.15) is 0 Å². The second kappa shape index (κ2) is 3.14. The van der Waals surface area contributed by atoms with E-state index >= 15 is 0 Å². The maximum atomic E-state index is 6.19. The SMILES string of the molecule is Cc1cc(Cl)c2c(c1)C(C)(N)CCO2. The number of rotatable bonds is 0. The quantitative estimate of drug-likeness (QED) is 0.716. The van der Waals surface area contributed by atoms with Gasteiger partial charge in [0.15, 0.2) is 0 Å². The highest BCUT2D eigenvalue weighted by Crippen LogP contribution is 2.40. The van der Waals surface area contributed by atoms with Crippen LogP contribution in [-0.2, 0) is 5.54 Å². The monoisotopic (exact) mass is 211 g/mol. The van der Waals surface area contributed by atoms with Crippen molar-refractivity contribution >= 4 is 11.6 Å². The largest absolute Gasteiger partial charge is 0.492 e. The van der Waals surface area contributed by atoms with Gasteiger partial charge in [-0.15, -0.1) is 0 Å². The van der Waals surface area contributed by atoms with Crippen LogP contribution in [0.3, 0.4) is 0 Å². The first-order valence-electron chi connectivity index (χ1n) is 4.73. The molecule has 0 bridgehead atoms. The Labute approximate surface area is 89.0 Å². The predicted octanol–water partition coefficient (Wildman–Crippen LogP) is 2.60. The van der Waals surface area contributed by atoms with E-state index in [0.29, 0.717) is 11.6 Å². The van der Waals surface area contributed by atoms with Crippen LogP contribution in [0, 0.1) is 6.92 Å². The van der Waals surface area contributed by atoms with E-state index in [4.69, 9.17) is 22.1 Å². The molecule has 1 aromatic rings. The van der Waals surface area contributed by atoms with E-state index in [2.05, 4.69) is 6.07 Å². The molecular formula is C11H14ClNO. The third kappa shape index (κ3) is 1.49. The summed E-state index contributed by atoms with van der Waals surface area (Å²) in [6.45, 7) is 4.67. The summed E-state index contributed by atoms with van der Waals surface area (Å²) >= 11 is 6.09. The molecule has 1 aliphatic rings. The number of benzene rings is 1. The smallest absolute Gasteiger partial charge is 0.142 e. The first-order chi connectivity index (χ1) is 6.50. The standard InChI is InChI=1S/C11H14ClNO/c1-7-5-8-10(9(12)6-7)14-4-3-11(8,2)13/h5-6H,3-4,13H2,1-2H3. The second-order valence-corrected chi connectivity index (χ2v) is 4.55. The third-order valence-electron chi connectivity index (χ3n) is 2.67. The summed E-state index contributed by atoms with van der Waals surface area (Å²) in [5.41, 5.74) is 8.02. The van der Waals surface area contributed by atoms with Crippen molar-refractivity contribution in [3.8, 4) is 5.75 Å². The Morgan fingerprint density at radius 2 is 2.21 bits per heavy atom. The average molecular weight is 212 g/mol. The van der Waals surface area contributed by atoms with Crippen molar-refractivity contribution in [1.82, 2.24) is 0 Å². The number of nitrogens with two attached hydrogens (primary N) is 1. The second-order valence-electron chi connectivity index (χ2n) is 4.14. The van der Waals surface area contributed by atoms with Gasteiger partial charge in [0.1, 0.15) is 5.75 Å². The maximum Gasteiger partial charge on any atom is 0.142 e. The molecule has 1 atom stereocenters. The van der Waals surface area contributed by atoms with Gasteiger partial charge in [0.2, 0.25) is 0 Å². The molecule has 0 spiro atoms. The van der Waals surface area contributed by atoms with E-state index < -0.39 is 0 Å². The lowest BCUT2D eigenvalue weighted by molar-refractivity contribution is 0.227. The van der Waals surface area contributed by atoms with Crippen LogP contribution in [0.25, 0.3) is 0 Å². The van der Waals surface area contributed by atoms with E-state index in [1.807, 2.05) is 19.9 Å². The Hall–Kier alpha value is -0.730. The van der Waals surface area contributed by atoms with Crippen molar-refractivity contribution in [2.24, 2.45) is 5.73 Å². The fourth-order valence-corrected chi connectivity index (χ4v) is 2.13. The van der Waals surface area contributed by atoms with E-state index in [0.717, 1.165) is 23.3 Å². The molecule has 2 nitrogen and oxygen atoms in total. The number of hydrogen-bond acceptors (Lipinski definition) is 2. The van der Waals surface area contributed by atoms with Gasteiger partial charge in [-0.1, -0.05) is 17.7 Å². The zero-order chi connectivity index (χ0) is 10.3. The number of hydrogen-bond donors (Lipinski definition) is 1. The Balaban J connectivity index is 2.63. The fourth-order valence-electron chi connectivity index (χ4n) is 1.80. The van der Waals surface area contributed by atoms with Gasteiger partial charge in [-0.25, -0.2) is 0 Å². The third-order valence-corrected chi connectivity index (χ3v) is 2.95. The van der Waals surface area contributed by atoms with Gasteiger partial charge in [0.05, 0.1) is 11.6 Å². The Kier molecular flexibility index (Phi) is 2.20. The number of fused-ring (bicyclic) bond motifs is 1. The summed E-state index contributed by atoms with van der Waals surface area (Å²) in [4.78, 5) is 0. The first-order valence-corrected chi connectivity index (χ1v) is 5.11. The summed E-state index contributed by atoms with van der Waals surface area (Å²) in [5, 5.41) is 0.663. The van der Waals surface area contributed by atoms with Gasteiger partial charge >= 0.3 is 0 Å². The Bertz CT molecular complexity index is 374. The fraction of sp³-hybridized carbons (Fsp3) is 0.455. The summed E-state index contributed by atoms with van der Waals surface area (Å²) in [5.74, 6) is 0.758. The molecule has 2 N–H and O–H groups in total. The zero-order valence-corrected chi connectivity index (χ0v) is 9.19. The normalized spacial score (nSPS) is 25.4. The molecule has 14 heavy (non-hydrogen) atoms. The van der Waals surface area contributed by atoms with Gasteiger partial charge in [-0.05, 0) is 25.5 Å². The molecule has 1 unspecified atom stereocenters. The van der Waals surface area contributed by atoms with E-state index in [-0.39, 0.29) is 5.54 Å². The molecule has 0 aliphatic carbocycles. The number of halogens is 1. The molecule has 0 radical (unpaired) electrons. The molecule has 0 saturated carbocycles. The molecule has 0 saturated heterocycles. The zero-order valence-electron chi connectivity index (χ0n) is 8.43. The van der Waals surface area contributed by atoms with Crippen molar-refractivity contribution in [3.63, 3.8) is 0 Å². The topological polar surface area (TPSA) is 35.2 Å². The van der Waals surface area contributed by atoms with Gasteiger partial charge in [0, 0.05) is 17.5 Å². The lowest BCUT2D eigenvalue weighted by atomic mass is 9.87. The highest BCUT2D eigenvalue weighted by molar-refractivity contribution is 6.32. The maximum absolute atomic E-state index is 6.19. The molecule has 1 aliphatic heterocycles. The van der Waals surface area contributed by atoms with Crippen molar-refractivity contribution < 1.29 is 4.74 Å². The van der Waals surface area contributed by atoms with Crippen LogP contribution in [0.5, 0.6) is 5.75 Å². The van der Waals surface area contributed by atoms with Gasteiger partial charge in [-0.3, -0.25) is 0 Å². The van der Waals surface area contributed by atoms with Crippen LogP contribution >= 0.6 is 11.6 Å². The van der Waals surface area contributed by atoms with Crippen molar-refractivity contribution in [2.75, 3.05) is 6.61 Å². The predicted molar refractivity (Wildman–Crippen MR) is 57.8 cm³/mol. The molecule has 3 heteroatoms. The molecule has 0 fully saturated rings. The summed E-state index contributed by atoms with van der Waals surface area (Å²) in [6, 6.07) is 3.96. The Morgan fingerprint density at radius 3 is 2.93 bits per heavy atom. The molecule has 1 aromatic carbocycles. The molecular weight excluding hydrogens is 198 g/mol. The van der Waals surface area contributed by atoms with Crippen LogP contribution in [-0.4, -0.2) is 6.61 Å². The van der Waals surface area contributed by atoms with Gasteiger partial charge in [0.25, 0.3) is 0 Å². The minimum atomic E-state index is -0.316. The molecule has 2 rings (SSSR count). The van der Waals surface area contributed by atoms with E-state index in [1.54, 1.807) is 0 Å². The van der Waals surface area contributed by atoms with Crippen LogP contribution in [0.2, 0.25) is 5.02 Å². The number of aryl methyl sites for hydroxylation is 1. The lowest BCUT2D eigenvalue weighted by Crippen LogP contribution is -2.38. The van der Waals surface area contributed by atoms with Crippen molar-refractivity contribution in [1.29, 1.82) is 0 Å². The minimum absolute atomic E-state index is 0.316. The van der Waals surface area contributed by atoms with Gasteiger partial charge < -0.3 is 10.5 Å². The number of ether oxygens (including phenoxy) is 1. The van der Waals surface area contributed by atoms with Crippen LogP contribution in [0.15, 0.2) is 12.1 Å². The summed E-state index contributed by atoms with van der Waals surface area (Å²) in [7, 11) is 0. The van der Waals surface area contributed by atoms with Crippen molar-refractivity contribution in [2.45, 2.75) is 25.8 Å². The highest BCUT2D eigenvalue weighted by Gasteiger charge is 2.30. The van der Waals surface area contributed by atoms with E-state index in [9.17, 15) is 0 Å². The molecule has 0 aromatic heterocycles. The van der Waals surface area contributed by atoms with Crippen LogP contribution < -0.4 is 10.5 Å². The summed E-state index contributed by atoms with van der Waals surface area (Å²) in [6.07, 6.45) is 0.833. The summed E-state index contributed by atoms with van der Waals surface area (Å²) < 4.78 is 5.53. The first kappa shape index (κ1) is 9.81. The highest BCUT2D eigenvalue weighted by atomic mass is 35.5.